The summed E-state index contributed by atoms with van der Waals surface area (Å²) in [6.07, 6.45) is 10.6. The van der Waals surface area contributed by atoms with Crippen molar-refractivity contribution in [3.05, 3.63) is 0 Å². The lowest BCUT2D eigenvalue weighted by molar-refractivity contribution is -0.134. The summed E-state index contributed by atoms with van der Waals surface area (Å²) in [5.74, 6) is 0.347. The predicted molar refractivity (Wildman–Crippen MR) is 72.5 cm³/mol. The van der Waals surface area contributed by atoms with E-state index in [0.717, 1.165) is 26.0 Å². The Bertz CT molecular complexity index is 255. The molecule has 3 heteroatoms. The maximum Gasteiger partial charge on any atom is 0.222 e. The molecule has 1 unspecified atom stereocenters. The molecule has 0 aromatic rings. The molecule has 18 heavy (non-hydrogen) atoms. The lowest BCUT2D eigenvalue weighted by Gasteiger charge is -2.34. The average molecular weight is 253 g/mol. The molecular formula is C15H27NO2. The van der Waals surface area contributed by atoms with Crippen LogP contribution in [0.1, 0.15) is 64.7 Å². The van der Waals surface area contributed by atoms with Crippen molar-refractivity contribution in [3.63, 3.8) is 0 Å². The minimum atomic E-state index is 0.346. The van der Waals surface area contributed by atoms with Gasteiger partial charge in [0.2, 0.25) is 5.91 Å². The van der Waals surface area contributed by atoms with E-state index in [9.17, 15) is 4.79 Å². The number of nitrogens with zero attached hydrogens (tertiary/aromatic N) is 1. The van der Waals surface area contributed by atoms with Gasteiger partial charge in [0, 0.05) is 25.6 Å². The second-order valence-corrected chi connectivity index (χ2v) is 5.65. The fraction of sp³-hybridized carbons (Fsp3) is 0.933. The first-order chi connectivity index (χ1) is 8.81. The number of hydrogen-bond donors (Lipinski definition) is 0. The van der Waals surface area contributed by atoms with Gasteiger partial charge >= 0.3 is 0 Å². The molecule has 1 atom stereocenters. The molecule has 0 aromatic carbocycles. The lowest BCUT2D eigenvalue weighted by atomic mass is 9.94. The van der Waals surface area contributed by atoms with Crippen LogP contribution in [0.4, 0.5) is 0 Å². The minimum Gasteiger partial charge on any atom is -0.378 e. The molecule has 2 fully saturated rings. The Hall–Kier alpha value is -0.570. The SMILES string of the molecule is CCN(C(=O)CCC1CCCO1)C1CCCCC1. The van der Waals surface area contributed by atoms with E-state index >= 15 is 0 Å². The number of carbonyl (C=O) groups excluding carboxylic acids is 1. The van der Waals surface area contributed by atoms with Gasteiger partial charge < -0.3 is 9.64 Å². The summed E-state index contributed by atoms with van der Waals surface area (Å²) in [5.41, 5.74) is 0. The number of rotatable bonds is 5. The molecule has 1 aliphatic carbocycles. The highest BCUT2D eigenvalue weighted by molar-refractivity contribution is 5.76. The number of amides is 1. The van der Waals surface area contributed by atoms with Crippen LogP contribution in [-0.2, 0) is 9.53 Å². The zero-order valence-corrected chi connectivity index (χ0v) is 11.7. The normalized spacial score (nSPS) is 25.3. The quantitative estimate of drug-likeness (QED) is 0.753. The molecule has 0 spiro atoms. The zero-order chi connectivity index (χ0) is 12.8. The number of ether oxygens (including phenoxy) is 1. The number of carbonyl (C=O) groups is 1. The van der Waals surface area contributed by atoms with Crippen molar-refractivity contribution in [1.29, 1.82) is 0 Å². The van der Waals surface area contributed by atoms with E-state index in [1.54, 1.807) is 0 Å². The molecular weight excluding hydrogens is 226 g/mol. The van der Waals surface area contributed by atoms with Crippen LogP contribution in [0.25, 0.3) is 0 Å². The second-order valence-electron chi connectivity index (χ2n) is 5.65. The second kappa shape index (κ2) is 7.13. The van der Waals surface area contributed by atoms with Gasteiger partial charge in [0.1, 0.15) is 0 Å². The fourth-order valence-corrected chi connectivity index (χ4v) is 3.33. The van der Waals surface area contributed by atoms with E-state index in [-0.39, 0.29) is 0 Å². The van der Waals surface area contributed by atoms with Crippen LogP contribution in [-0.4, -0.2) is 36.1 Å². The maximum absolute atomic E-state index is 12.3. The summed E-state index contributed by atoms with van der Waals surface area (Å²) >= 11 is 0. The fourth-order valence-electron chi connectivity index (χ4n) is 3.33. The van der Waals surface area contributed by atoms with Gasteiger partial charge in [-0.15, -0.1) is 0 Å². The Morgan fingerprint density at radius 1 is 1.17 bits per heavy atom. The summed E-state index contributed by atoms with van der Waals surface area (Å²) in [7, 11) is 0. The first kappa shape index (κ1) is 13.9. The monoisotopic (exact) mass is 253 g/mol. The zero-order valence-electron chi connectivity index (χ0n) is 11.7. The largest absolute Gasteiger partial charge is 0.378 e. The van der Waals surface area contributed by atoms with Gasteiger partial charge in [0.05, 0.1) is 6.10 Å². The van der Waals surface area contributed by atoms with Crippen molar-refractivity contribution in [2.75, 3.05) is 13.2 Å². The lowest BCUT2D eigenvalue weighted by Crippen LogP contribution is -2.41. The van der Waals surface area contributed by atoms with Crippen LogP contribution < -0.4 is 0 Å². The Morgan fingerprint density at radius 3 is 2.56 bits per heavy atom. The molecule has 1 aliphatic heterocycles. The van der Waals surface area contributed by atoms with Gasteiger partial charge in [0.25, 0.3) is 0 Å². The van der Waals surface area contributed by atoms with Crippen molar-refractivity contribution in [1.82, 2.24) is 4.90 Å². The Kier molecular flexibility index (Phi) is 5.48. The van der Waals surface area contributed by atoms with E-state index in [1.807, 2.05) is 0 Å². The van der Waals surface area contributed by atoms with Crippen molar-refractivity contribution in [2.24, 2.45) is 0 Å². The van der Waals surface area contributed by atoms with Crippen LogP contribution in [0.5, 0.6) is 0 Å². The molecule has 1 amide bonds. The van der Waals surface area contributed by atoms with Crippen LogP contribution in [0.2, 0.25) is 0 Å². The molecule has 1 saturated carbocycles. The van der Waals surface area contributed by atoms with Gasteiger partial charge in [0.15, 0.2) is 0 Å². The topological polar surface area (TPSA) is 29.5 Å². The molecule has 0 N–H and O–H groups in total. The van der Waals surface area contributed by atoms with E-state index in [4.69, 9.17) is 4.74 Å². The Balaban J connectivity index is 1.76. The van der Waals surface area contributed by atoms with Gasteiger partial charge in [-0.1, -0.05) is 19.3 Å². The third-order valence-electron chi connectivity index (χ3n) is 4.38. The predicted octanol–water partition coefficient (Wildman–Crippen LogP) is 3.13. The molecule has 2 aliphatic rings. The summed E-state index contributed by atoms with van der Waals surface area (Å²) in [4.78, 5) is 14.4. The van der Waals surface area contributed by atoms with Crippen molar-refractivity contribution < 1.29 is 9.53 Å². The Labute approximate surface area is 111 Å². The molecule has 1 heterocycles. The van der Waals surface area contributed by atoms with Gasteiger partial charge in [-0.2, -0.15) is 0 Å². The van der Waals surface area contributed by atoms with E-state index in [0.29, 0.717) is 24.5 Å². The first-order valence-corrected chi connectivity index (χ1v) is 7.72. The number of hydrogen-bond acceptors (Lipinski definition) is 2. The smallest absolute Gasteiger partial charge is 0.222 e. The highest BCUT2D eigenvalue weighted by Gasteiger charge is 2.25. The van der Waals surface area contributed by atoms with E-state index in [1.165, 1.54) is 38.5 Å². The van der Waals surface area contributed by atoms with E-state index in [2.05, 4.69) is 11.8 Å². The summed E-state index contributed by atoms with van der Waals surface area (Å²) < 4.78 is 5.59. The van der Waals surface area contributed by atoms with Crippen LogP contribution in [0.15, 0.2) is 0 Å². The highest BCUT2D eigenvalue weighted by Crippen LogP contribution is 2.24. The molecule has 0 radical (unpaired) electrons. The minimum absolute atomic E-state index is 0.346. The molecule has 0 aromatic heterocycles. The molecule has 104 valence electrons. The summed E-state index contributed by atoms with van der Waals surface area (Å²) in [6, 6.07) is 0.515. The molecule has 3 nitrogen and oxygen atoms in total. The molecule has 2 rings (SSSR count). The highest BCUT2D eigenvalue weighted by atomic mass is 16.5. The van der Waals surface area contributed by atoms with Crippen molar-refractivity contribution in [3.8, 4) is 0 Å². The summed E-state index contributed by atoms with van der Waals surface area (Å²) in [6.45, 7) is 3.87. The Morgan fingerprint density at radius 2 is 1.94 bits per heavy atom. The van der Waals surface area contributed by atoms with Gasteiger partial charge in [-0.25, -0.2) is 0 Å². The molecule has 0 bridgehead atoms. The van der Waals surface area contributed by atoms with Gasteiger partial charge in [-0.3, -0.25) is 4.79 Å². The van der Waals surface area contributed by atoms with Gasteiger partial charge in [-0.05, 0) is 39.0 Å². The van der Waals surface area contributed by atoms with Crippen LogP contribution >= 0.6 is 0 Å². The van der Waals surface area contributed by atoms with Crippen molar-refractivity contribution in [2.45, 2.75) is 76.9 Å². The van der Waals surface area contributed by atoms with E-state index < -0.39 is 0 Å². The average Bonchev–Trinajstić information content (AvgIpc) is 2.92. The molecule has 1 saturated heterocycles. The van der Waals surface area contributed by atoms with Crippen molar-refractivity contribution >= 4 is 5.91 Å². The maximum atomic E-state index is 12.3. The third-order valence-corrected chi connectivity index (χ3v) is 4.38. The first-order valence-electron chi connectivity index (χ1n) is 7.72. The van der Waals surface area contributed by atoms with Crippen LogP contribution in [0.3, 0.4) is 0 Å². The third kappa shape index (κ3) is 3.71. The van der Waals surface area contributed by atoms with Crippen LogP contribution in [0, 0.1) is 0 Å². The standard InChI is InChI=1S/C15H27NO2/c1-2-16(13-7-4-3-5-8-13)15(17)11-10-14-9-6-12-18-14/h13-14H,2-12H2,1H3. The summed E-state index contributed by atoms with van der Waals surface area (Å²) in [5, 5.41) is 0.